The van der Waals surface area contributed by atoms with Gasteiger partial charge in [-0.05, 0) is 30.5 Å². The lowest BCUT2D eigenvalue weighted by Crippen LogP contribution is -1.87. The largest absolute Gasteiger partial charge is 0.399 e. The molecule has 0 radical (unpaired) electrons. The number of halogens is 1. The summed E-state index contributed by atoms with van der Waals surface area (Å²) in [6, 6.07) is 7.63. The maximum atomic E-state index is 5.97. The summed E-state index contributed by atoms with van der Waals surface area (Å²) in [5, 5.41) is 2.50. The molecule has 2 aromatic rings. The average molecular weight is 193 g/mol. The van der Waals surface area contributed by atoms with Crippen LogP contribution in [0.2, 0.25) is 5.15 Å². The Morgan fingerprint density at radius 3 is 2.85 bits per heavy atom. The fourth-order valence-corrected chi connectivity index (χ4v) is 1.65. The lowest BCUT2D eigenvalue weighted by Gasteiger charge is -2.02. The van der Waals surface area contributed by atoms with Crippen LogP contribution in [0.25, 0.3) is 10.8 Å². The number of hydrogen-bond acceptors (Lipinski definition) is 2. The van der Waals surface area contributed by atoms with Gasteiger partial charge in [0.25, 0.3) is 0 Å². The quantitative estimate of drug-likeness (QED) is 0.515. The number of hydrogen-bond donors (Lipinski definition) is 1. The van der Waals surface area contributed by atoms with Gasteiger partial charge in [-0.15, -0.1) is 0 Å². The van der Waals surface area contributed by atoms with E-state index in [0.717, 1.165) is 16.5 Å². The molecule has 0 saturated carbocycles. The van der Waals surface area contributed by atoms with Gasteiger partial charge in [0.1, 0.15) is 5.15 Å². The number of nitrogen functional groups attached to an aromatic ring is 1. The van der Waals surface area contributed by atoms with Crippen LogP contribution < -0.4 is 5.73 Å². The number of anilines is 1. The fourth-order valence-electron chi connectivity index (χ4n) is 1.35. The van der Waals surface area contributed by atoms with Gasteiger partial charge in [0.15, 0.2) is 0 Å². The summed E-state index contributed by atoms with van der Waals surface area (Å²) in [7, 11) is 0. The molecule has 2 N–H and O–H groups in total. The molecule has 0 aliphatic rings. The van der Waals surface area contributed by atoms with Gasteiger partial charge in [-0.2, -0.15) is 0 Å². The van der Waals surface area contributed by atoms with E-state index in [2.05, 4.69) is 4.98 Å². The molecule has 1 heterocycles. The van der Waals surface area contributed by atoms with E-state index in [1.807, 2.05) is 31.2 Å². The minimum atomic E-state index is 0.516. The summed E-state index contributed by atoms with van der Waals surface area (Å²) in [4.78, 5) is 4.15. The molecule has 0 fully saturated rings. The van der Waals surface area contributed by atoms with E-state index in [0.29, 0.717) is 10.8 Å². The number of aromatic nitrogens is 1. The Hall–Kier alpha value is -1.28. The molecule has 0 amide bonds. The molecule has 1 aromatic heterocycles. The SMILES string of the molecule is Cc1cc2ccc(N)cc2c(Cl)n1. The van der Waals surface area contributed by atoms with E-state index in [1.54, 1.807) is 0 Å². The zero-order valence-electron chi connectivity index (χ0n) is 7.21. The number of fused-ring (bicyclic) bond motifs is 1. The molecule has 13 heavy (non-hydrogen) atoms. The van der Waals surface area contributed by atoms with Crippen molar-refractivity contribution < 1.29 is 0 Å². The Balaban J connectivity index is 2.87. The highest BCUT2D eigenvalue weighted by Crippen LogP contribution is 2.24. The molecule has 3 heteroatoms. The highest BCUT2D eigenvalue weighted by Gasteiger charge is 2.01. The molecule has 1 aromatic carbocycles. The Bertz CT molecular complexity index is 466. The zero-order chi connectivity index (χ0) is 9.42. The maximum absolute atomic E-state index is 5.97. The number of rotatable bonds is 0. The average Bonchev–Trinajstić information content (AvgIpc) is 2.06. The first-order valence-electron chi connectivity index (χ1n) is 3.99. The van der Waals surface area contributed by atoms with Gasteiger partial charge >= 0.3 is 0 Å². The molecular formula is C10H9ClN2. The van der Waals surface area contributed by atoms with E-state index in [9.17, 15) is 0 Å². The Kier molecular flexibility index (Phi) is 1.85. The van der Waals surface area contributed by atoms with Crippen molar-refractivity contribution in [3.05, 3.63) is 35.1 Å². The minimum Gasteiger partial charge on any atom is -0.399 e. The predicted octanol–water partition coefficient (Wildman–Crippen LogP) is 2.78. The van der Waals surface area contributed by atoms with Crippen molar-refractivity contribution in [2.24, 2.45) is 0 Å². The molecule has 0 spiro atoms. The molecule has 2 nitrogen and oxygen atoms in total. The molecule has 0 aliphatic heterocycles. The number of aryl methyl sites for hydroxylation is 1. The van der Waals surface area contributed by atoms with Crippen molar-refractivity contribution in [3.63, 3.8) is 0 Å². The Labute approximate surface area is 81.3 Å². The van der Waals surface area contributed by atoms with Crippen molar-refractivity contribution in [2.75, 3.05) is 5.73 Å². The standard InChI is InChI=1S/C10H9ClN2/c1-6-4-7-2-3-8(12)5-9(7)10(11)13-6/h2-5H,12H2,1H3. The van der Waals surface area contributed by atoms with Gasteiger partial charge in [-0.3, -0.25) is 0 Å². The predicted molar refractivity (Wildman–Crippen MR) is 55.9 cm³/mol. The van der Waals surface area contributed by atoms with Crippen LogP contribution in [0.3, 0.4) is 0 Å². The summed E-state index contributed by atoms with van der Waals surface area (Å²) >= 11 is 5.97. The minimum absolute atomic E-state index is 0.516. The third kappa shape index (κ3) is 1.45. The second-order valence-corrected chi connectivity index (χ2v) is 3.39. The van der Waals surface area contributed by atoms with Gasteiger partial charge in [0.05, 0.1) is 0 Å². The first-order valence-corrected chi connectivity index (χ1v) is 4.37. The van der Waals surface area contributed by atoms with Crippen LogP contribution in [0.5, 0.6) is 0 Å². The summed E-state index contributed by atoms with van der Waals surface area (Å²) in [6.45, 7) is 1.92. The van der Waals surface area contributed by atoms with Crippen LogP contribution in [-0.4, -0.2) is 4.98 Å². The summed E-state index contributed by atoms with van der Waals surface area (Å²) in [5.41, 5.74) is 7.27. The van der Waals surface area contributed by atoms with Crippen molar-refractivity contribution in [2.45, 2.75) is 6.92 Å². The first kappa shape index (κ1) is 8.32. The van der Waals surface area contributed by atoms with Crippen molar-refractivity contribution in [1.82, 2.24) is 4.98 Å². The third-order valence-electron chi connectivity index (χ3n) is 1.94. The molecule has 0 bridgehead atoms. The third-order valence-corrected chi connectivity index (χ3v) is 2.23. The molecule has 66 valence electrons. The molecule has 0 aliphatic carbocycles. The molecule has 0 saturated heterocycles. The Morgan fingerprint density at radius 2 is 2.08 bits per heavy atom. The van der Waals surface area contributed by atoms with Gasteiger partial charge in [0, 0.05) is 16.8 Å². The van der Waals surface area contributed by atoms with Gasteiger partial charge in [-0.25, -0.2) is 4.98 Å². The lowest BCUT2D eigenvalue weighted by molar-refractivity contribution is 1.22. The smallest absolute Gasteiger partial charge is 0.137 e. The summed E-state index contributed by atoms with van der Waals surface area (Å²) in [6.07, 6.45) is 0. The van der Waals surface area contributed by atoms with Gasteiger partial charge in [-0.1, -0.05) is 17.7 Å². The topological polar surface area (TPSA) is 38.9 Å². The van der Waals surface area contributed by atoms with Crippen molar-refractivity contribution >= 4 is 28.1 Å². The highest BCUT2D eigenvalue weighted by molar-refractivity contribution is 6.34. The van der Waals surface area contributed by atoms with Crippen LogP contribution in [0.4, 0.5) is 5.69 Å². The molecule has 2 rings (SSSR count). The summed E-state index contributed by atoms with van der Waals surface area (Å²) < 4.78 is 0. The second kappa shape index (κ2) is 2.89. The van der Waals surface area contributed by atoms with Gasteiger partial charge in [0.2, 0.25) is 0 Å². The van der Waals surface area contributed by atoms with Crippen LogP contribution >= 0.6 is 11.6 Å². The monoisotopic (exact) mass is 192 g/mol. The normalized spacial score (nSPS) is 10.6. The van der Waals surface area contributed by atoms with Crippen molar-refractivity contribution in [3.8, 4) is 0 Å². The van der Waals surface area contributed by atoms with E-state index < -0.39 is 0 Å². The van der Waals surface area contributed by atoms with Crippen LogP contribution in [0, 0.1) is 6.92 Å². The van der Waals surface area contributed by atoms with E-state index in [-0.39, 0.29) is 0 Å². The second-order valence-electron chi connectivity index (χ2n) is 3.04. The molecule has 0 unspecified atom stereocenters. The van der Waals surface area contributed by atoms with E-state index >= 15 is 0 Å². The molecular weight excluding hydrogens is 184 g/mol. The van der Waals surface area contributed by atoms with Crippen LogP contribution in [0.1, 0.15) is 5.69 Å². The lowest BCUT2D eigenvalue weighted by atomic mass is 10.1. The summed E-state index contributed by atoms with van der Waals surface area (Å²) in [5.74, 6) is 0. The fraction of sp³-hybridized carbons (Fsp3) is 0.100. The highest BCUT2D eigenvalue weighted by atomic mass is 35.5. The number of benzene rings is 1. The van der Waals surface area contributed by atoms with E-state index in [1.165, 1.54) is 0 Å². The van der Waals surface area contributed by atoms with Crippen LogP contribution in [-0.2, 0) is 0 Å². The maximum Gasteiger partial charge on any atom is 0.137 e. The van der Waals surface area contributed by atoms with Crippen molar-refractivity contribution in [1.29, 1.82) is 0 Å². The van der Waals surface area contributed by atoms with Gasteiger partial charge < -0.3 is 5.73 Å². The first-order chi connectivity index (χ1) is 6.16. The molecule has 0 atom stereocenters. The number of nitrogens with two attached hydrogens (primary N) is 1. The zero-order valence-corrected chi connectivity index (χ0v) is 7.97. The van der Waals surface area contributed by atoms with E-state index in [4.69, 9.17) is 17.3 Å². The van der Waals surface area contributed by atoms with Crippen LogP contribution in [0.15, 0.2) is 24.3 Å². The number of nitrogens with zero attached hydrogens (tertiary/aromatic N) is 1. The Morgan fingerprint density at radius 1 is 1.31 bits per heavy atom. The number of pyridine rings is 1.